The second kappa shape index (κ2) is 6.06. The highest BCUT2D eigenvalue weighted by Crippen LogP contribution is 2.45. The highest BCUT2D eigenvalue weighted by atomic mass is 33.1. The van der Waals surface area contributed by atoms with E-state index >= 15 is 0 Å². The van der Waals surface area contributed by atoms with Gasteiger partial charge in [-0.05, 0) is 19.3 Å². The molecule has 0 aromatic rings. The molecule has 0 saturated carbocycles. The monoisotopic (exact) mass is 292 g/mol. The third-order valence-corrected chi connectivity index (χ3v) is 6.65. The van der Waals surface area contributed by atoms with E-state index in [2.05, 4.69) is 34.6 Å². The molecule has 1 aliphatic heterocycles. The molecule has 0 amide bonds. The van der Waals surface area contributed by atoms with E-state index in [0.717, 1.165) is 11.5 Å². The van der Waals surface area contributed by atoms with Crippen LogP contribution in [0.15, 0.2) is 0 Å². The van der Waals surface area contributed by atoms with Crippen molar-refractivity contribution in [3.63, 3.8) is 0 Å². The van der Waals surface area contributed by atoms with Crippen LogP contribution in [0.25, 0.3) is 0 Å². The Hall–Kier alpha value is 0.130. The molecule has 0 N–H and O–H groups in total. The number of carbonyl (C=O) groups excluding carboxylic acids is 1. The van der Waals surface area contributed by atoms with Crippen molar-refractivity contribution in [2.75, 3.05) is 24.7 Å². The van der Waals surface area contributed by atoms with Gasteiger partial charge in [-0.15, -0.1) is 0 Å². The number of hydrogen-bond donors (Lipinski definition) is 0. The summed E-state index contributed by atoms with van der Waals surface area (Å²) in [5.41, 5.74) is -0.142. The minimum absolute atomic E-state index is 0.0290. The zero-order chi connectivity index (χ0) is 13.9. The molecular formula is C13H24O3S2. The number of rotatable bonds is 6. The first-order valence-corrected chi connectivity index (χ1v) is 8.65. The Labute approximate surface area is 118 Å². The molecule has 0 aliphatic carbocycles. The van der Waals surface area contributed by atoms with Gasteiger partial charge in [-0.2, -0.15) is 0 Å². The van der Waals surface area contributed by atoms with Crippen LogP contribution in [-0.4, -0.2) is 36.8 Å². The van der Waals surface area contributed by atoms with Crippen molar-refractivity contribution in [3.8, 4) is 0 Å². The van der Waals surface area contributed by atoms with Gasteiger partial charge in [0.15, 0.2) is 0 Å². The molecule has 0 unspecified atom stereocenters. The summed E-state index contributed by atoms with van der Waals surface area (Å²) >= 11 is 0. The van der Waals surface area contributed by atoms with Gasteiger partial charge >= 0.3 is 0 Å². The molecule has 0 radical (unpaired) electrons. The van der Waals surface area contributed by atoms with Gasteiger partial charge in [-0.25, -0.2) is 0 Å². The molecule has 0 atom stereocenters. The predicted molar refractivity (Wildman–Crippen MR) is 78.9 cm³/mol. The molecule has 18 heavy (non-hydrogen) atoms. The molecule has 0 spiro atoms. The molecular weight excluding hydrogens is 268 g/mol. The Kier molecular flexibility index (Phi) is 5.44. The van der Waals surface area contributed by atoms with Gasteiger partial charge in [0.05, 0.1) is 12.2 Å². The van der Waals surface area contributed by atoms with Crippen LogP contribution in [0, 0.1) is 10.8 Å². The van der Waals surface area contributed by atoms with Crippen molar-refractivity contribution in [1.29, 1.82) is 0 Å². The van der Waals surface area contributed by atoms with Crippen molar-refractivity contribution < 1.29 is 14.3 Å². The zero-order valence-electron chi connectivity index (χ0n) is 11.9. The van der Waals surface area contributed by atoms with E-state index in [1.807, 2.05) is 21.6 Å². The molecule has 1 fully saturated rings. The SMILES string of the molecule is CC(C)(C)C(C)(C)OCC1(COC=O)CSSC1. The van der Waals surface area contributed by atoms with Crippen LogP contribution in [0.1, 0.15) is 34.6 Å². The van der Waals surface area contributed by atoms with Crippen LogP contribution in [0.3, 0.4) is 0 Å². The lowest BCUT2D eigenvalue weighted by Crippen LogP contribution is -2.44. The predicted octanol–water partition coefficient (Wildman–Crippen LogP) is 3.38. The molecule has 1 saturated heterocycles. The van der Waals surface area contributed by atoms with Crippen molar-refractivity contribution in [2.45, 2.75) is 40.2 Å². The largest absolute Gasteiger partial charge is 0.467 e. The fourth-order valence-corrected chi connectivity index (χ4v) is 4.68. The minimum atomic E-state index is -0.195. The van der Waals surface area contributed by atoms with Crippen LogP contribution in [0.4, 0.5) is 0 Å². The van der Waals surface area contributed by atoms with Gasteiger partial charge in [-0.3, -0.25) is 4.79 Å². The lowest BCUT2D eigenvalue weighted by molar-refractivity contribution is -0.140. The summed E-state index contributed by atoms with van der Waals surface area (Å²) in [6.07, 6.45) is 0. The molecule has 0 aromatic heterocycles. The van der Waals surface area contributed by atoms with Gasteiger partial charge in [-0.1, -0.05) is 42.4 Å². The lowest BCUT2D eigenvalue weighted by Gasteiger charge is -2.41. The van der Waals surface area contributed by atoms with Crippen LogP contribution in [0.2, 0.25) is 0 Å². The molecule has 0 aromatic carbocycles. The maximum atomic E-state index is 10.4. The summed E-state index contributed by atoms with van der Waals surface area (Å²) in [5, 5.41) is 0. The van der Waals surface area contributed by atoms with Crippen LogP contribution >= 0.6 is 21.6 Å². The highest BCUT2D eigenvalue weighted by molar-refractivity contribution is 8.77. The van der Waals surface area contributed by atoms with Gasteiger partial charge < -0.3 is 9.47 Å². The first kappa shape index (κ1) is 16.2. The van der Waals surface area contributed by atoms with E-state index in [1.54, 1.807) is 0 Å². The second-order valence-corrected chi connectivity index (χ2v) is 8.94. The molecule has 0 bridgehead atoms. The molecule has 1 heterocycles. The second-order valence-electron chi connectivity index (χ2n) is 6.48. The van der Waals surface area contributed by atoms with Crippen LogP contribution in [0.5, 0.6) is 0 Å². The first-order valence-electron chi connectivity index (χ1n) is 6.16. The minimum Gasteiger partial charge on any atom is -0.467 e. The summed E-state index contributed by atoms with van der Waals surface area (Å²) in [4.78, 5) is 10.4. The maximum Gasteiger partial charge on any atom is 0.293 e. The number of carbonyl (C=O) groups is 1. The Morgan fingerprint density at radius 2 is 1.67 bits per heavy atom. The highest BCUT2D eigenvalue weighted by Gasteiger charge is 2.41. The molecule has 5 heteroatoms. The zero-order valence-corrected chi connectivity index (χ0v) is 13.6. The molecule has 3 nitrogen and oxygen atoms in total. The molecule has 106 valence electrons. The van der Waals surface area contributed by atoms with Crippen molar-refractivity contribution in [1.82, 2.24) is 0 Å². The van der Waals surface area contributed by atoms with Gasteiger partial charge in [0, 0.05) is 16.9 Å². The summed E-state index contributed by atoms with van der Waals surface area (Å²) in [6.45, 7) is 12.4. The van der Waals surface area contributed by atoms with Crippen molar-refractivity contribution >= 4 is 28.1 Å². The van der Waals surface area contributed by atoms with E-state index in [9.17, 15) is 4.79 Å². The first-order chi connectivity index (χ1) is 8.22. The molecule has 1 aliphatic rings. The third-order valence-electron chi connectivity index (χ3n) is 3.82. The Bertz CT molecular complexity index is 278. The van der Waals surface area contributed by atoms with Gasteiger partial charge in [0.25, 0.3) is 6.47 Å². The Morgan fingerprint density at radius 1 is 1.11 bits per heavy atom. The average molecular weight is 292 g/mol. The fraction of sp³-hybridized carbons (Fsp3) is 0.923. The van der Waals surface area contributed by atoms with Crippen molar-refractivity contribution in [2.24, 2.45) is 10.8 Å². The van der Waals surface area contributed by atoms with Crippen molar-refractivity contribution in [3.05, 3.63) is 0 Å². The normalized spacial score (nSPS) is 19.8. The molecule has 1 rings (SSSR count). The Balaban J connectivity index is 2.60. The fourth-order valence-electron chi connectivity index (χ4n) is 1.34. The van der Waals surface area contributed by atoms with E-state index in [-0.39, 0.29) is 16.4 Å². The number of ether oxygens (including phenoxy) is 2. The van der Waals surface area contributed by atoms with E-state index in [4.69, 9.17) is 9.47 Å². The topological polar surface area (TPSA) is 35.5 Å². The average Bonchev–Trinajstić information content (AvgIpc) is 2.72. The lowest BCUT2D eigenvalue weighted by atomic mass is 9.79. The smallest absolute Gasteiger partial charge is 0.293 e. The van der Waals surface area contributed by atoms with E-state index in [1.165, 1.54) is 0 Å². The Morgan fingerprint density at radius 3 is 2.11 bits per heavy atom. The van der Waals surface area contributed by atoms with Gasteiger partial charge in [0.1, 0.15) is 6.61 Å². The third kappa shape index (κ3) is 4.07. The number of hydrogen-bond acceptors (Lipinski definition) is 5. The summed E-state index contributed by atoms with van der Waals surface area (Å²) < 4.78 is 11.1. The summed E-state index contributed by atoms with van der Waals surface area (Å²) in [5.74, 6) is 1.96. The van der Waals surface area contributed by atoms with Gasteiger partial charge in [0.2, 0.25) is 0 Å². The van der Waals surface area contributed by atoms with Crippen LogP contribution < -0.4 is 0 Å². The summed E-state index contributed by atoms with van der Waals surface area (Å²) in [7, 11) is 3.66. The van der Waals surface area contributed by atoms with E-state index < -0.39 is 0 Å². The quantitative estimate of drug-likeness (QED) is 0.554. The van der Waals surface area contributed by atoms with Crippen LogP contribution in [-0.2, 0) is 14.3 Å². The maximum absolute atomic E-state index is 10.4. The van der Waals surface area contributed by atoms with E-state index in [0.29, 0.717) is 19.7 Å². The standard InChI is InChI=1S/C13H24O3S2/c1-11(2,3)12(4,5)16-7-13(6-15-10-14)8-17-18-9-13/h10H,6-9H2,1-5H3. The summed E-state index contributed by atoms with van der Waals surface area (Å²) in [6, 6.07) is 0.